The monoisotopic (exact) mass is 850 g/mol. The van der Waals surface area contributed by atoms with Crippen molar-refractivity contribution in [1.29, 1.82) is 0 Å². The Morgan fingerprint density at radius 3 is 2.45 bits per heavy atom. The first-order valence-electron chi connectivity index (χ1n) is 19.7. The van der Waals surface area contributed by atoms with E-state index in [1.54, 1.807) is 56.4 Å². The molecule has 6 aromatic heterocycles. The SMILES string of the molecule is [2H]C([2H])([2H])c1cnc(-c2[c-]nc3oc4ccnc(C([2H])([2H])c5ccccc5)c4c3c2)cc1C([2H])([2H])C(C)C.[Ir].[c-]1ccc2c(oc3ccccc32)c1-c1ccccn1. The Morgan fingerprint density at radius 2 is 1.63 bits per heavy atom. The first-order valence-corrected chi connectivity index (χ1v) is 16.2. The molecule has 0 aliphatic heterocycles. The average molecular weight is 850 g/mol. The smallest absolute Gasteiger partial charge is 0.141 e. The van der Waals surface area contributed by atoms with Crippen LogP contribution in [-0.2, 0) is 32.9 Å². The Labute approximate surface area is 319 Å². The zero-order valence-corrected chi connectivity index (χ0v) is 30.0. The van der Waals surface area contributed by atoms with Crippen molar-refractivity contribution in [1.82, 2.24) is 19.9 Å². The summed E-state index contributed by atoms with van der Waals surface area (Å²) in [4.78, 5) is 17.4. The maximum absolute atomic E-state index is 8.87. The van der Waals surface area contributed by atoms with Crippen molar-refractivity contribution in [2.24, 2.45) is 5.92 Å². The normalized spacial score (nSPS) is 14.1. The summed E-state index contributed by atoms with van der Waals surface area (Å²) in [5.74, 6) is -0.491. The Hall–Kier alpha value is -5.49. The molecule has 0 atom stereocenters. The Bertz CT molecular complexity index is 2900. The van der Waals surface area contributed by atoms with E-state index >= 15 is 0 Å². The van der Waals surface area contributed by atoms with Crippen molar-refractivity contribution in [2.75, 3.05) is 0 Å². The van der Waals surface area contributed by atoms with Crippen LogP contribution in [0.2, 0.25) is 0 Å². The molecule has 253 valence electrons. The minimum atomic E-state index is -2.54. The van der Waals surface area contributed by atoms with Crippen LogP contribution in [0.5, 0.6) is 0 Å². The molecule has 6 heterocycles. The Morgan fingerprint density at radius 1 is 0.784 bits per heavy atom. The third kappa shape index (κ3) is 6.96. The predicted octanol–water partition coefficient (Wildman–Crippen LogP) is 10.8. The summed E-state index contributed by atoms with van der Waals surface area (Å²) < 4.78 is 70.4. The van der Waals surface area contributed by atoms with Crippen LogP contribution in [0.1, 0.15) is 45.8 Å². The van der Waals surface area contributed by atoms with E-state index in [2.05, 4.69) is 38.3 Å². The number of rotatable bonds is 6. The second-order valence-electron chi connectivity index (χ2n) is 11.9. The maximum Gasteiger partial charge on any atom is 0.141 e. The van der Waals surface area contributed by atoms with Gasteiger partial charge in [0.15, 0.2) is 0 Å². The molecule has 0 spiro atoms. The number of aryl methyl sites for hydroxylation is 1. The van der Waals surface area contributed by atoms with Gasteiger partial charge < -0.3 is 23.8 Å². The van der Waals surface area contributed by atoms with Crippen LogP contribution in [0, 0.1) is 25.0 Å². The molecule has 0 fully saturated rings. The van der Waals surface area contributed by atoms with Crippen LogP contribution in [-0.4, -0.2) is 19.9 Å². The first-order chi connectivity index (χ1) is 27.2. The molecule has 3 aromatic carbocycles. The number of furan rings is 2. The maximum atomic E-state index is 8.87. The molecule has 0 aliphatic rings. The number of pyridine rings is 4. The van der Waals surface area contributed by atoms with Crippen molar-refractivity contribution in [2.45, 2.75) is 33.4 Å². The molecule has 51 heavy (non-hydrogen) atoms. The number of fused-ring (bicyclic) bond motifs is 6. The van der Waals surface area contributed by atoms with Gasteiger partial charge in [-0.05, 0) is 71.4 Å². The van der Waals surface area contributed by atoms with Gasteiger partial charge in [-0.25, -0.2) is 0 Å². The molecule has 0 N–H and O–H groups in total. The van der Waals surface area contributed by atoms with Crippen LogP contribution >= 0.6 is 0 Å². The van der Waals surface area contributed by atoms with E-state index in [1.165, 1.54) is 18.5 Å². The van der Waals surface area contributed by atoms with Gasteiger partial charge in [0.1, 0.15) is 16.9 Å². The van der Waals surface area contributed by atoms with Crippen molar-refractivity contribution < 1.29 is 38.5 Å². The number of para-hydroxylation sites is 1. The van der Waals surface area contributed by atoms with Crippen molar-refractivity contribution >= 4 is 44.0 Å². The van der Waals surface area contributed by atoms with Crippen LogP contribution in [0.15, 0.2) is 131 Å². The van der Waals surface area contributed by atoms with Crippen LogP contribution < -0.4 is 0 Å². The van der Waals surface area contributed by atoms with E-state index < -0.39 is 25.5 Å². The summed E-state index contributed by atoms with van der Waals surface area (Å²) in [6.45, 7) is 0.839. The third-order valence-electron chi connectivity index (χ3n) is 8.11. The number of benzene rings is 3. The Kier molecular flexibility index (Phi) is 7.63. The van der Waals surface area contributed by atoms with Gasteiger partial charge in [-0.15, -0.1) is 29.8 Å². The van der Waals surface area contributed by atoms with Gasteiger partial charge in [-0.1, -0.05) is 97.1 Å². The zero-order valence-electron chi connectivity index (χ0n) is 34.6. The minimum Gasteiger partial charge on any atom is -0.501 e. The molecule has 0 amide bonds. The number of nitrogens with zero attached hydrogens (tertiary/aromatic N) is 4. The van der Waals surface area contributed by atoms with E-state index in [0.29, 0.717) is 27.5 Å². The standard InChI is InChI=1S/C27H24N3O.C17H10NO.Ir/c1-17(2)11-20-14-23(29-15-18(20)3)21-13-22-26-24(12-19-7-5-4-6-8-19)28-10-9-25(26)31-27(22)30-16-21;1-2-10-16-12(6-1)13-7-5-8-14(17(13)19-16)15-9-3-4-11-18-15;/h4-10,13-15,17H,11-12H2,1-3H3;1-7,9-11H;/q2*-1;/i3D3,11D2,12D2;;. The quantitative estimate of drug-likeness (QED) is 0.155. The van der Waals surface area contributed by atoms with Gasteiger partial charge >= 0.3 is 0 Å². The van der Waals surface area contributed by atoms with Gasteiger partial charge in [-0.2, -0.15) is 0 Å². The molecule has 1 radical (unpaired) electrons. The molecular weight excluding hydrogens is 809 g/mol. The van der Waals surface area contributed by atoms with Crippen molar-refractivity contribution in [3.63, 3.8) is 0 Å². The van der Waals surface area contributed by atoms with Gasteiger partial charge in [0.2, 0.25) is 0 Å². The largest absolute Gasteiger partial charge is 0.501 e. The summed E-state index contributed by atoms with van der Waals surface area (Å²) >= 11 is 0. The molecule has 0 bridgehead atoms. The summed E-state index contributed by atoms with van der Waals surface area (Å²) in [6, 6.07) is 34.6. The van der Waals surface area contributed by atoms with Crippen molar-refractivity contribution in [3.05, 3.63) is 156 Å². The van der Waals surface area contributed by atoms with E-state index in [4.69, 9.17) is 18.4 Å². The van der Waals surface area contributed by atoms with E-state index in [9.17, 15) is 0 Å². The topological polar surface area (TPSA) is 77.8 Å². The average Bonchev–Trinajstić information content (AvgIpc) is 3.79. The number of aromatic nitrogens is 4. The fourth-order valence-corrected chi connectivity index (χ4v) is 5.87. The van der Waals surface area contributed by atoms with Gasteiger partial charge in [-0.3, -0.25) is 4.98 Å². The zero-order chi connectivity index (χ0) is 40.1. The molecule has 0 aliphatic carbocycles. The summed E-state index contributed by atoms with van der Waals surface area (Å²) in [7, 11) is 0. The minimum absolute atomic E-state index is 0. The fourth-order valence-electron chi connectivity index (χ4n) is 5.87. The van der Waals surface area contributed by atoms with Gasteiger partial charge in [0.05, 0.1) is 11.3 Å². The van der Waals surface area contributed by atoms with Crippen LogP contribution in [0.4, 0.5) is 0 Å². The second kappa shape index (κ2) is 14.8. The molecule has 0 saturated heterocycles. The molecule has 9 aromatic rings. The molecule has 7 heteroatoms. The summed E-state index contributed by atoms with van der Waals surface area (Å²) in [6.07, 6.45) is 3.46. The first kappa shape index (κ1) is 26.3. The fraction of sp³-hybridized carbons (Fsp3) is 0.136. The van der Waals surface area contributed by atoms with Crippen molar-refractivity contribution in [3.8, 4) is 22.5 Å². The molecular formula is C44H34IrN4O2-2. The van der Waals surface area contributed by atoms with E-state index in [1.807, 2.05) is 54.6 Å². The third-order valence-corrected chi connectivity index (χ3v) is 8.11. The number of hydrogen-bond donors (Lipinski definition) is 0. The molecule has 0 saturated carbocycles. The van der Waals surface area contributed by atoms with E-state index in [0.717, 1.165) is 33.2 Å². The number of hydrogen-bond acceptors (Lipinski definition) is 6. The van der Waals surface area contributed by atoms with Gasteiger partial charge in [0, 0.05) is 65.4 Å². The van der Waals surface area contributed by atoms with Gasteiger partial charge in [0.25, 0.3) is 0 Å². The van der Waals surface area contributed by atoms with E-state index in [-0.39, 0.29) is 48.3 Å². The Balaban J connectivity index is 0.000000213. The second-order valence-corrected chi connectivity index (χ2v) is 11.9. The van der Waals surface area contributed by atoms with Crippen LogP contribution in [0.3, 0.4) is 0 Å². The molecule has 0 unspecified atom stereocenters. The molecule has 6 nitrogen and oxygen atoms in total. The molecule has 9 rings (SSSR count). The van der Waals surface area contributed by atoms with Crippen LogP contribution in [0.25, 0.3) is 66.5 Å². The predicted molar refractivity (Wildman–Crippen MR) is 200 cm³/mol. The summed E-state index contributed by atoms with van der Waals surface area (Å²) in [5.41, 5.74) is 5.35. The summed E-state index contributed by atoms with van der Waals surface area (Å²) in [5, 5.41) is 3.18.